The normalized spacial score (nSPS) is 10.0. The number of rotatable bonds is 9. The standard InChI is InChI=1S/C15H22N2O4/c1-3-21-15(19)8-9-16-11-14(18)17-10-12-6-4-5-7-13(12)20-2/h4-7,16H,3,8-11H2,1-2H3,(H,17,18). The summed E-state index contributed by atoms with van der Waals surface area (Å²) in [6, 6.07) is 7.51. The lowest BCUT2D eigenvalue weighted by molar-refractivity contribution is -0.143. The maximum atomic E-state index is 11.7. The van der Waals surface area contributed by atoms with E-state index in [2.05, 4.69) is 10.6 Å². The average Bonchev–Trinajstić information content (AvgIpc) is 2.50. The highest BCUT2D eigenvalue weighted by molar-refractivity contribution is 5.78. The molecule has 1 aromatic carbocycles. The third-order valence-electron chi connectivity index (χ3n) is 2.77. The molecule has 6 heteroatoms. The average molecular weight is 294 g/mol. The van der Waals surface area contributed by atoms with Gasteiger partial charge in [0, 0.05) is 18.7 Å². The molecule has 6 nitrogen and oxygen atoms in total. The number of carbonyl (C=O) groups is 2. The highest BCUT2D eigenvalue weighted by Crippen LogP contribution is 2.16. The smallest absolute Gasteiger partial charge is 0.307 e. The van der Waals surface area contributed by atoms with Crippen molar-refractivity contribution in [2.45, 2.75) is 19.9 Å². The molecule has 0 bridgehead atoms. The number of esters is 1. The van der Waals surface area contributed by atoms with Crippen LogP contribution in [0.4, 0.5) is 0 Å². The van der Waals surface area contributed by atoms with Crippen LogP contribution in [0.2, 0.25) is 0 Å². The van der Waals surface area contributed by atoms with Gasteiger partial charge in [-0.1, -0.05) is 18.2 Å². The molecule has 0 heterocycles. The minimum Gasteiger partial charge on any atom is -0.496 e. The van der Waals surface area contributed by atoms with E-state index in [-0.39, 0.29) is 24.8 Å². The zero-order chi connectivity index (χ0) is 15.5. The van der Waals surface area contributed by atoms with Crippen LogP contribution < -0.4 is 15.4 Å². The van der Waals surface area contributed by atoms with Gasteiger partial charge in [-0.05, 0) is 13.0 Å². The van der Waals surface area contributed by atoms with Crippen LogP contribution in [0.1, 0.15) is 18.9 Å². The number of hydrogen-bond acceptors (Lipinski definition) is 5. The first-order valence-electron chi connectivity index (χ1n) is 6.92. The van der Waals surface area contributed by atoms with E-state index in [0.29, 0.717) is 19.7 Å². The molecule has 2 N–H and O–H groups in total. The van der Waals surface area contributed by atoms with E-state index >= 15 is 0 Å². The van der Waals surface area contributed by atoms with Crippen molar-refractivity contribution in [3.63, 3.8) is 0 Å². The highest BCUT2D eigenvalue weighted by Gasteiger charge is 2.05. The van der Waals surface area contributed by atoms with Crippen molar-refractivity contribution >= 4 is 11.9 Å². The summed E-state index contributed by atoms with van der Waals surface area (Å²) in [6.07, 6.45) is 0.258. The van der Waals surface area contributed by atoms with Crippen LogP contribution in [-0.2, 0) is 20.9 Å². The van der Waals surface area contributed by atoms with Gasteiger partial charge < -0.3 is 20.1 Å². The van der Waals surface area contributed by atoms with E-state index in [1.807, 2.05) is 24.3 Å². The zero-order valence-corrected chi connectivity index (χ0v) is 12.5. The van der Waals surface area contributed by atoms with Crippen molar-refractivity contribution in [2.75, 3.05) is 26.8 Å². The number of para-hydroxylation sites is 1. The molecule has 1 aromatic rings. The molecule has 0 saturated carbocycles. The van der Waals surface area contributed by atoms with Crippen molar-refractivity contribution in [3.05, 3.63) is 29.8 Å². The molecule has 0 aliphatic heterocycles. The van der Waals surface area contributed by atoms with Crippen LogP contribution in [0.5, 0.6) is 5.75 Å². The fraction of sp³-hybridized carbons (Fsp3) is 0.467. The second kappa shape index (κ2) is 9.77. The van der Waals surface area contributed by atoms with Gasteiger partial charge >= 0.3 is 5.97 Å². The lowest BCUT2D eigenvalue weighted by atomic mass is 10.2. The molecule has 21 heavy (non-hydrogen) atoms. The minimum absolute atomic E-state index is 0.134. The molecule has 0 fully saturated rings. The van der Waals surface area contributed by atoms with Crippen LogP contribution in [0.25, 0.3) is 0 Å². The number of amides is 1. The van der Waals surface area contributed by atoms with E-state index in [1.165, 1.54) is 0 Å². The first-order valence-corrected chi connectivity index (χ1v) is 6.92. The molecule has 0 aliphatic rings. The molecule has 116 valence electrons. The summed E-state index contributed by atoms with van der Waals surface area (Å²) in [5, 5.41) is 5.68. The first kappa shape index (κ1) is 17.0. The molecule has 0 radical (unpaired) electrons. The summed E-state index contributed by atoms with van der Waals surface area (Å²) in [5.41, 5.74) is 0.917. The lowest BCUT2D eigenvalue weighted by Gasteiger charge is -2.10. The Morgan fingerprint density at radius 1 is 1.24 bits per heavy atom. The van der Waals surface area contributed by atoms with Gasteiger partial charge in [-0.25, -0.2) is 0 Å². The summed E-state index contributed by atoms with van der Waals surface area (Å²) >= 11 is 0. The van der Waals surface area contributed by atoms with Crippen molar-refractivity contribution in [1.82, 2.24) is 10.6 Å². The van der Waals surface area contributed by atoms with E-state index < -0.39 is 0 Å². The molecule has 0 spiro atoms. The van der Waals surface area contributed by atoms with Crippen molar-refractivity contribution in [1.29, 1.82) is 0 Å². The molecule has 0 unspecified atom stereocenters. The Kier molecular flexibility index (Phi) is 7.89. The highest BCUT2D eigenvalue weighted by atomic mass is 16.5. The van der Waals surface area contributed by atoms with Gasteiger partial charge in [0.15, 0.2) is 0 Å². The number of methoxy groups -OCH3 is 1. The second-order valence-electron chi connectivity index (χ2n) is 4.32. The number of nitrogens with one attached hydrogen (secondary N) is 2. The van der Waals surface area contributed by atoms with Crippen molar-refractivity contribution < 1.29 is 19.1 Å². The van der Waals surface area contributed by atoms with Crippen LogP contribution >= 0.6 is 0 Å². The van der Waals surface area contributed by atoms with E-state index in [4.69, 9.17) is 9.47 Å². The maximum absolute atomic E-state index is 11.7. The Morgan fingerprint density at radius 3 is 2.71 bits per heavy atom. The first-order chi connectivity index (χ1) is 10.2. The van der Waals surface area contributed by atoms with E-state index in [0.717, 1.165) is 11.3 Å². The maximum Gasteiger partial charge on any atom is 0.307 e. The van der Waals surface area contributed by atoms with Gasteiger partial charge in [-0.3, -0.25) is 9.59 Å². The molecule has 1 amide bonds. The van der Waals surface area contributed by atoms with Gasteiger partial charge in [0.1, 0.15) is 5.75 Å². The molecule has 0 saturated heterocycles. The predicted octanol–water partition coefficient (Wildman–Crippen LogP) is 0.854. The monoisotopic (exact) mass is 294 g/mol. The fourth-order valence-electron chi connectivity index (χ4n) is 1.73. The largest absolute Gasteiger partial charge is 0.496 e. The Hall–Kier alpha value is -2.08. The van der Waals surface area contributed by atoms with Gasteiger partial charge in [-0.2, -0.15) is 0 Å². The third-order valence-corrected chi connectivity index (χ3v) is 2.77. The van der Waals surface area contributed by atoms with Gasteiger partial charge in [0.2, 0.25) is 5.91 Å². The molecule has 0 atom stereocenters. The number of benzene rings is 1. The van der Waals surface area contributed by atoms with Gasteiger partial charge in [0.05, 0.1) is 26.7 Å². The lowest BCUT2D eigenvalue weighted by Crippen LogP contribution is -2.34. The Labute approximate surface area is 124 Å². The number of hydrogen-bond donors (Lipinski definition) is 2. The summed E-state index contributed by atoms with van der Waals surface area (Å²) in [5.74, 6) is 0.345. The molecule has 1 rings (SSSR count). The Morgan fingerprint density at radius 2 is 2.00 bits per heavy atom. The summed E-state index contributed by atoms with van der Waals surface area (Å²) in [4.78, 5) is 22.7. The summed E-state index contributed by atoms with van der Waals surface area (Å²) in [6.45, 7) is 3.12. The minimum atomic E-state index is -0.264. The molecular formula is C15H22N2O4. The van der Waals surface area contributed by atoms with Crippen LogP contribution in [-0.4, -0.2) is 38.7 Å². The fourth-order valence-corrected chi connectivity index (χ4v) is 1.73. The predicted molar refractivity (Wildman–Crippen MR) is 79.0 cm³/mol. The van der Waals surface area contributed by atoms with Crippen LogP contribution in [0.3, 0.4) is 0 Å². The number of carbonyl (C=O) groups excluding carboxylic acids is 2. The summed E-state index contributed by atoms with van der Waals surface area (Å²) < 4.78 is 9.99. The molecule has 0 aromatic heterocycles. The van der Waals surface area contributed by atoms with Gasteiger partial charge in [-0.15, -0.1) is 0 Å². The third kappa shape index (κ3) is 6.76. The van der Waals surface area contributed by atoms with Crippen molar-refractivity contribution in [3.8, 4) is 5.75 Å². The topological polar surface area (TPSA) is 76.7 Å². The zero-order valence-electron chi connectivity index (χ0n) is 12.5. The van der Waals surface area contributed by atoms with E-state index in [9.17, 15) is 9.59 Å². The number of ether oxygens (including phenoxy) is 2. The molecule has 0 aliphatic carbocycles. The Balaban J connectivity index is 2.21. The second-order valence-corrected chi connectivity index (χ2v) is 4.32. The van der Waals surface area contributed by atoms with Crippen LogP contribution in [0.15, 0.2) is 24.3 Å². The van der Waals surface area contributed by atoms with Crippen LogP contribution in [0, 0.1) is 0 Å². The summed E-state index contributed by atoms with van der Waals surface area (Å²) in [7, 11) is 1.59. The van der Waals surface area contributed by atoms with Crippen molar-refractivity contribution in [2.24, 2.45) is 0 Å². The Bertz CT molecular complexity index is 463. The van der Waals surface area contributed by atoms with E-state index in [1.54, 1.807) is 14.0 Å². The van der Waals surface area contributed by atoms with Gasteiger partial charge in [0.25, 0.3) is 0 Å². The quantitative estimate of drug-likeness (QED) is 0.522. The molecular weight excluding hydrogens is 272 g/mol. The SMILES string of the molecule is CCOC(=O)CCNCC(=O)NCc1ccccc1OC.